The van der Waals surface area contributed by atoms with Crippen LogP contribution in [0.5, 0.6) is 11.5 Å². The van der Waals surface area contributed by atoms with Crippen LogP contribution in [0.3, 0.4) is 0 Å². The number of hydrogen-bond acceptors (Lipinski definition) is 4. The lowest BCUT2D eigenvalue weighted by atomic mass is 9.94. The first-order valence-electron chi connectivity index (χ1n) is 14.2. The normalized spacial score (nSPS) is 12.9. The molecule has 0 aliphatic heterocycles. The second-order valence-corrected chi connectivity index (χ2v) is 12.0. The highest BCUT2D eigenvalue weighted by atomic mass is 32.2. The van der Waals surface area contributed by atoms with Crippen molar-refractivity contribution in [3.8, 4) is 11.5 Å². The highest BCUT2D eigenvalue weighted by Crippen LogP contribution is 2.31. The van der Waals surface area contributed by atoms with Gasteiger partial charge < -0.3 is 10.1 Å². The molecule has 0 spiro atoms. The van der Waals surface area contributed by atoms with E-state index in [1.807, 2.05) is 122 Å². The van der Waals surface area contributed by atoms with Gasteiger partial charge >= 0.3 is 0 Å². The third-order valence-corrected chi connectivity index (χ3v) is 8.63. The SMILES string of the molecule is Cc1ccc(S(=O)(=O)N[C@H](c2ccccc2)C(NCCCc2ccc(Oc3ccccc3)cc2)c2ccccc2)cc1. The second-order valence-electron chi connectivity index (χ2n) is 10.3. The maximum absolute atomic E-state index is 13.6. The summed E-state index contributed by atoms with van der Waals surface area (Å²) in [5.41, 5.74) is 4.13. The van der Waals surface area contributed by atoms with Crippen molar-refractivity contribution in [3.63, 3.8) is 0 Å². The zero-order valence-corrected chi connectivity index (χ0v) is 24.5. The molecule has 0 aromatic heterocycles. The Bertz CT molecular complexity index is 1630. The quantitative estimate of drug-likeness (QED) is 0.141. The van der Waals surface area contributed by atoms with Gasteiger partial charge in [0.1, 0.15) is 11.5 Å². The molecule has 2 N–H and O–H groups in total. The molecule has 0 fully saturated rings. The van der Waals surface area contributed by atoms with Gasteiger partial charge in [-0.2, -0.15) is 0 Å². The van der Waals surface area contributed by atoms with Crippen molar-refractivity contribution in [1.29, 1.82) is 0 Å². The lowest BCUT2D eigenvalue weighted by Crippen LogP contribution is -2.39. The first-order chi connectivity index (χ1) is 20.5. The summed E-state index contributed by atoms with van der Waals surface area (Å²) in [6, 6.07) is 43.9. The molecule has 6 heteroatoms. The maximum Gasteiger partial charge on any atom is 0.241 e. The van der Waals surface area contributed by atoms with Crippen molar-refractivity contribution in [1.82, 2.24) is 10.0 Å². The molecule has 2 atom stereocenters. The fourth-order valence-corrected chi connectivity index (χ4v) is 6.17. The van der Waals surface area contributed by atoms with Crippen LogP contribution in [0.25, 0.3) is 0 Å². The Balaban J connectivity index is 1.30. The average Bonchev–Trinajstić information content (AvgIpc) is 3.02. The number of aryl methyl sites for hydroxylation is 2. The molecule has 5 nitrogen and oxygen atoms in total. The van der Waals surface area contributed by atoms with Crippen molar-refractivity contribution in [3.05, 3.63) is 162 Å². The number of nitrogens with one attached hydrogen (secondary N) is 2. The summed E-state index contributed by atoms with van der Waals surface area (Å²) >= 11 is 0. The molecule has 5 aromatic carbocycles. The molecular weight excluding hydrogens is 540 g/mol. The van der Waals surface area contributed by atoms with Crippen molar-refractivity contribution >= 4 is 10.0 Å². The van der Waals surface area contributed by atoms with E-state index in [1.54, 1.807) is 12.1 Å². The fraction of sp³-hybridized carbons (Fsp3) is 0.167. The van der Waals surface area contributed by atoms with E-state index in [4.69, 9.17) is 4.74 Å². The molecule has 0 aliphatic carbocycles. The van der Waals surface area contributed by atoms with Crippen LogP contribution in [0.1, 0.15) is 40.8 Å². The smallest absolute Gasteiger partial charge is 0.241 e. The summed E-state index contributed by atoms with van der Waals surface area (Å²) in [6.07, 6.45) is 1.76. The van der Waals surface area contributed by atoms with Gasteiger partial charge in [0.05, 0.1) is 17.0 Å². The standard InChI is InChI=1S/C36H36N2O3S/c1-28-19-25-34(26-20-28)42(39,40)38-36(31-15-7-3-8-16-31)35(30-13-5-2-6-14-30)37-27-11-12-29-21-23-33(24-22-29)41-32-17-9-4-10-18-32/h2-10,13-26,35-38H,11-12,27H2,1H3/t35?,36-/m1/s1. The van der Waals surface area contributed by atoms with E-state index in [9.17, 15) is 8.42 Å². The number of rotatable bonds is 13. The molecule has 214 valence electrons. The van der Waals surface area contributed by atoms with Crippen molar-refractivity contribution in [2.45, 2.75) is 36.7 Å². The summed E-state index contributed by atoms with van der Waals surface area (Å²) in [5, 5.41) is 3.68. The van der Waals surface area contributed by atoms with Gasteiger partial charge in [-0.1, -0.05) is 109 Å². The Morgan fingerprint density at radius 3 is 1.74 bits per heavy atom. The molecule has 0 bridgehead atoms. The molecule has 0 amide bonds. The number of benzene rings is 5. The third kappa shape index (κ3) is 7.95. The lowest BCUT2D eigenvalue weighted by molar-refractivity contribution is 0.420. The van der Waals surface area contributed by atoms with Gasteiger partial charge in [-0.15, -0.1) is 0 Å². The highest BCUT2D eigenvalue weighted by molar-refractivity contribution is 7.89. The van der Waals surface area contributed by atoms with Crippen molar-refractivity contribution in [2.75, 3.05) is 6.54 Å². The summed E-state index contributed by atoms with van der Waals surface area (Å²) in [7, 11) is -3.78. The maximum atomic E-state index is 13.6. The first kappa shape index (κ1) is 29.3. The largest absolute Gasteiger partial charge is 0.457 e. The van der Waals surface area contributed by atoms with E-state index in [1.165, 1.54) is 5.56 Å². The van der Waals surface area contributed by atoms with Crippen molar-refractivity contribution in [2.24, 2.45) is 0 Å². The van der Waals surface area contributed by atoms with E-state index in [0.717, 1.165) is 41.0 Å². The minimum absolute atomic E-state index is 0.250. The van der Waals surface area contributed by atoms with E-state index in [-0.39, 0.29) is 10.9 Å². The predicted octanol–water partition coefficient (Wildman–Crippen LogP) is 7.77. The number of hydrogen-bond donors (Lipinski definition) is 2. The van der Waals surface area contributed by atoms with Gasteiger partial charge in [0, 0.05) is 0 Å². The molecule has 5 rings (SSSR count). The van der Waals surface area contributed by atoms with E-state index >= 15 is 0 Å². The van der Waals surface area contributed by atoms with Crippen molar-refractivity contribution < 1.29 is 13.2 Å². The molecule has 42 heavy (non-hydrogen) atoms. The van der Waals surface area contributed by atoms with Crippen LogP contribution >= 0.6 is 0 Å². The van der Waals surface area contributed by atoms with Crippen LogP contribution < -0.4 is 14.8 Å². The van der Waals surface area contributed by atoms with Gasteiger partial charge in [0.25, 0.3) is 0 Å². The molecule has 0 saturated carbocycles. The van der Waals surface area contributed by atoms with Gasteiger partial charge in [-0.25, -0.2) is 13.1 Å². The molecule has 5 aromatic rings. The minimum atomic E-state index is -3.78. The van der Waals surface area contributed by atoms with Crippen LogP contribution in [-0.2, 0) is 16.4 Å². The van der Waals surface area contributed by atoms with Crippen LogP contribution in [0.2, 0.25) is 0 Å². The van der Waals surface area contributed by atoms with Crippen LogP contribution in [0.4, 0.5) is 0 Å². The molecular formula is C36H36N2O3S. The lowest BCUT2D eigenvalue weighted by Gasteiger charge is -2.30. The van der Waals surface area contributed by atoms with Gasteiger partial charge in [0.2, 0.25) is 10.0 Å². The Labute approximate surface area is 249 Å². The van der Waals surface area contributed by atoms with E-state index < -0.39 is 16.1 Å². The molecule has 1 unspecified atom stereocenters. The van der Waals surface area contributed by atoms with Crippen LogP contribution in [0.15, 0.2) is 144 Å². The first-order valence-corrected chi connectivity index (χ1v) is 15.7. The zero-order chi connectivity index (χ0) is 29.2. The Morgan fingerprint density at radius 2 is 1.14 bits per heavy atom. The minimum Gasteiger partial charge on any atom is -0.457 e. The molecule has 0 saturated heterocycles. The van der Waals surface area contributed by atoms with Gasteiger partial charge in [-0.3, -0.25) is 0 Å². The summed E-state index contributed by atoms with van der Waals surface area (Å²) in [6.45, 7) is 2.65. The number of sulfonamides is 1. The number of ether oxygens (including phenoxy) is 1. The topological polar surface area (TPSA) is 67.4 Å². The summed E-state index contributed by atoms with van der Waals surface area (Å²) < 4.78 is 36.1. The second kappa shape index (κ2) is 14.1. The highest BCUT2D eigenvalue weighted by Gasteiger charge is 2.29. The van der Waals surface area contributed by atoms with E-state index in [2.05, 4.69) is 22.2 Å². The summed E-state index contributed by atoms with van der Waals surface area (Å²) in [4.78, 5) is 0.250. The summed E-state index contributed by atoms with van der Waals surface area (Å²) in [5.74, 6) is 1.62. The van der Waals surface area contributed by atoms with Gasteiger partial charge in [0.15, 0.2) is 0 Å². The van der Waals surface area contributed by atoms with Crippen LogP contribution in [0, 0.1) is 6.92 Å². The zero-order valence-electron chi connectivity index (χ0n) is 23.7. The molecule has 0 radical (unpaired) electrons. The Hall–Kier alpha value is -4.23. The molecule has 0 aliphatic rings. The number of para-hydroxylation sites is 1. The fourth-order valence-electron chi connectivity index (χ4n) is 4.93. The van der Waals surface area contributed by atoms with Crippen LogP contribution in [-0.4, -0.2) is 15.0 Å². The Kier molecular flexibility index (Phi) is 9.82. The molecule has 0 heterocycles. The van der Waals surface area contributed by atoms with E-state index in [0.29, 0.717) is 6.54 Å². The third-order valence-electron chi connectivity index (χ3n) is 7.17. The average molecular weight is 577 g/mol. The predicted molar refractivity (Wildman–Crippen MR) is 169 cm³/mol. The Morgan fingerprint density at radius 1 is 0.619 bits per heavy atom. The van der Waals surface area contributed by atoms with Gasteiger partial charge in [-0.05, 0) is 79.4 Å². The monoisotopic (exact) mass is 576 g/mol.